The molecule has 2 atom stereocenters. The molecule has 7 aromatic rings. The molecule has 12 rings (SSSR count). The first-order valence-corrected chi connectivity index (χ1v) is 27.9. The van der Waals surface area contributed by atoms with Crippen LogP contribution >= 0.6 is 0 Å². The minimum atomic E-state index is -0.0839. The van der Waals surface area contributed by atoms with Gasteiger partial charge in [0.1, 0.15) is 0 Å². The lowest BCUT2D eigenvalue weighted by atomic mass is 9.33. The van der Waals surface area contributed by atoms with Gasteiger partial charge in [0.05, 0.1) is 11.2 Å². The molecular formula is C69H78BN3. The van der Waals surface area contributed by atoms with Crippen LogP contribution in [-0.2, 0) is 29.1 Å². The van der Waals surface area contributed by atoms with Crippen molar-refractivity contribution in [2.24, 2.45) is 5.41 Å². The van der Waals surface area contributed by atoms with Crippen LogP contribution in [0.25, 0.3) is 11.1 Å². The molecule has 0 amide bonds. The molecule has 0 spiro atoms. The fourth-order valence-corrected chi connectivity index (χ4v) is 14.4. The molecule has 3 nitrogen and oxygen atoms in total. The number of fused-ring (bicyclic) bond motifs is 8. The van der Waals surface area contributed by atoms with Gasteiger partial charge in [-0.2, -0.15) is 0 Å². The van der Waals surface area contributed by atoms with Crippen LogP contribution in [0.5, 0.6) is 0 Å². The zero-order chi connectivity index (χ0) is 51.1. The van der Waals surface area contributed by atoms with Gasteiger partial charge in [0, 0.05) is 50.8 Å². The van der Waals surface area contributed by atoms with Gasteiger partial charge in [0.15, 0.2) is 0 Å². The monoisotopic (exact) mass is 960 g/mol. The topological polar surface area (TPSA) is 9.72 Å². The van der Waals surface area contributed by atoms with E-state index in [1.54, 1.807) is 5.56 Å². The van der Waals surface area contributed by atoms with E-state index < -0.39 is 0 Å². The first kappa shape index (κ1) is 48.0. The van der Waals surface area contributed by atoms with Crippen LogP contribution in [0.15, 0.2) is 133 Å². The molecule has 0 radical (unpaired) electrons. The fourth-order valence-electron chi connectivity index (χ4n) is 14.4. The molecule has 1 saturated carbocycles. The lowest BCUT2D eigenvalue weighted by molar-refractivity contribution is 0.217. The molecule has 73 heavy (non-hydrogen) atoms. The molecule has 0 saturated heterocycles. The van der Waals surface area contributed by atoms with Gasteiger partial charge in [-0.1, -0.05) is 175 Å². The average molecular weight is 960 g/mol. The molecule has 3 heterocycles. The highest BCUT2D eigenvalue weighted by atomic mass is 15.3. The smallest absolute Gasteiger partial charge is 0.252 e. The van der Waals surface area contributed by atoms with Gasteiger partial charge in [0.2, 0.25) is 0 Å². The van der Waals surface area contributed by atoms with Crippen LogP contribution in [0.4, 0.5) is 45.5 Å². The summed E-state index contributed by atoms with van der Waals surface area (Å²) in [5, 5.41) is 0. The SMILES string of the molecule is Cc1cc2c3c(c1)N(c1ccc(C(C)(C)C)cc1-c1ccccc1)c1cc4c(cc1B3c1ccc(N3c5ccc(C(C)C)cc5C5(C)CCCCCCC35C)cc1N2c1ccc(C(C)(C)C)cc1)CC(C)(C)C4. The third kappa shape index (κ3) is 7.57. The number of aryl methyl sites for hydroxylation is 1. The second kappa shape index (κ2) is 16.8. The minimum absolute atomic E-state index is 0.00675. The number of rotatable bonds is 5. The number of hydrogen-bond donors (Lipinski definition) is 0. The molecule has 0 N–H and O–H groups in total. The molecule has 0 aromatic heterocycles. The Morgan fingerprint density at radius 1 is 0.521 bits per heavy atom. The first-order chi connectivity index (χ1) is 34.6. The van der Waals surface area contributed by atoms with E-state index in [1.165, 1.54) is 145 Å². The number of anilines is 8. The Labute approximate surface area is 439 Å². The molecule has 372 valence electrons. The van der Waals surface area contributed by atoms with E-state index >= 15 is 0 Å². The summed E-state index contributed by atoms with van der Waals surface area (Å²) in [6, 6.07) is 53.5. The standard InChI is InChI=1S/C69H78BN3/c1-44(2)47-23-31-59-55(37-47)68(12)33-19-14-15-20-34-69(68,13)73(59)53-29-30-56-61(41-53)71(52-27-24-50(25-28-52)65(4,5)6)62-35-45(3)36-63-64(62)70(56)57-38-48-42-67(10,11)43-49(48)39-60(57)72(63)58-32-26-51(66(7,8)9)40-54(58)46-21-17-16-18-22-46/h16-18,21-32,35-41,44H,14-15,19-20,33-34,42-43H2,1-13H3. The largest absolute Gasteiger partial charge is 0.334 e. The number of benzene rings is 7. The summed E-state index contributed by atoms with van der Waals surface area (Å²) >= 11 is 0. The molecule has 2 aliphatic carbocycles. The van der Waals surface area contributed by atoms with E-state index in [4.69, 9.17) is 0 Å². The summed E-state index contributed by atoms with van der Waals surface area (Å²) in [4.78, 5) is 8.17. The molecule has 5 aliphatic rings. The maximum absolute atomic E-state index is 2.83. The Kier molecular flexibility index (Phi) is 11.0. The second-order valence-corrected chi connectivity index (χ2v) is 26.7. The van der Waals surface area contributed by atoms with E-state index in [0.717, 1.165) is 12.8 Å². The van der Waals surface area contributed by atoms with E-state index in [1.807, 2.05) is 0 Å². The van der Waals surface area contributed by atoms with Crippen molar-refractivity contribution in [2.75, 3.05) is 14.7 Å². The number of nitrogens with zero attached hydrogens (tertiary/aromatic N) is 3. The maximum atomic E-state index is 2.83. The molecule has 0 bridgehead atoms. The van der Waals surface area contributed by atoms with Crippen molar-refractivity contribution in [3.63, 3.8) is 0 Å². The van der Waals surface area contributed by atoms with Crippen LogP contribution < -0.4 is 31.1 Å². The summed E-state index contributed by atoms with van der Waals surface area (Å²) in [5.41, 5.74) is 27.1. The zero-order valence-corrected chi connectivity index (χ0v) is 46.4. The van der Waals surface area contributed by atoms with E-state index in [-0.39, 0.29) is 33.9 Å². The fraction of sp³-hybridized carbons (Fsp3) is 0.391. The Morgan fingerprint density at radius 2 is 1.14 bits per heavy atom. The maximum Gasteiger partial charge on any atom is 0.252 e. The molecule has 3 aliphatic heterocycles. The first-order valence-electron chi connectivity index (χ1n) is 27.9. The lowest BCUT2D eigenvalue weighted by Gasteiger charge is -2.49. The zero-order valence-electron chi connectivity index (χ0n) is 46.4. The highest BCUT2D eigenvalue weighted by molar-refractivity contribution is 7.00. The lowest BCUT2D eigenvalue weighted by Crippen LogP contribution is -2.61. The third-order valence-electron chi connectivity index (χ3n) is 18.6. The summed E-state index contributed by atoms with van der Waals surface area (Å²) in [5.74, 6) is 0.479. The third-order valence-corrected chi connectivity index (χ3v) is 18.6. The summed E-state index contributed by atoms with van der Waals surface area (Å²) in [6.45, 7) is 31.2. The van der Waals surface area contributed by atoms with Crippen molar-refractivity contribution < 1.29 is 0 Å². The molecule has 7 aromatic carbocycles. The normalized spacial score (nSPS) is 20.7. The van der Waals surface area contributed by atoms with Crippen molar-refractivity contribution in [1.82, 2.24) is 0 Å². The molecule has 2 unspecified atom stereocenters. The van der Waals surface area contributed by atoms with Crippen molar-refractivity contribution in [2.45, 2.75) is 169 Å². The van der Waals surface area contributed by atoms with Crippen molar-refractivity contribution >= 4 is 68.6 Å². The molecular weight excluding hydrogens is 882 g/mol. The van der Waals surface area contributed by atoms with Crippen LogP contribution in [0, 0.1) is 12.3 Å². The molecule has 1 fully saturated rings. The quantitative estimate of drug-likeness (QED) is 0.159. The van der Waals surface area contributed by atoms with Crippen LogP contribution in [0.3, 0.4) is 0 Å². The summed E-state index contributed by atoms with van der Waals surface area (Å²) in [6.07, 6.45) is 9.72. The van der Waals surface area contributed by atoms with Crippen LogP contribution in [0.1, 0.15) is 166 Å². The average Bonchev–Trinajstić information content (AvgIpc) is 3.76. The van der Waals surface area contributed by atoms with Gasteiger partial charge in [-0.3, -0.25) is 0 Å². The van der Waals surface area contributed by atoms with Crippen molar-refractivity contribution in [3.8, 4) is 11.1 Å². The second-order valence-electron chi connectivity index (χ2n) is 26.7. The van der Waals surface area contributed by atoms with Crippen LogP contribution in [0.2, 0.25) is 0 Å². The van der Waals surface area contributed by atoms with E-state index in [0.29, 0.717) is 5.92 Å². The predicted molar refractivity (Wildman–Crippen MR) is 315 cm³/mol. The van der Waals surface area contributed by atoms with E-state index in [9.17, 15) is 0 Å². The number of hydrogen-bond acceptors (Lipinski definition) is 3. The van der Waals surface area contributed by atoms with Gasteiger partial charge >= 0.3 is 0 Å². The highest BCUT2D eigenvalue weighted by Crippen LogP contribution is 2.61. The van der Waals surface area contributed by atoms with Crippen molar-refractivity contribution in [1.29, 1.82) is 0 Å². The van der Waals surface area contributed by atoms with Gasteiger partial charge in [-0.25, -0.2) is 0 Å². The van der Waals surface area contributed by atoms with Gasteiger partial charge in [-0.05, 0) is 183 Å². The van der Waals surface area contributed by atoms with Crippen molar-refractivity contribution in [3.05, 3.63) is 172 Å². The summed E-state index contributed by atoms with van der Waals surface area (Å²) < 4.78 is 0. The van der Waals surface area contributed by atoms with Gasteiger partial charge in [-0.15, -0.1) is 0 Å². The Balaban J connectivity index is 1.14. The Morgan fingerprint density at radius 3 is 1.82 bits per heavy atom. The molecule has 4 heteroatoms. The van der Waals surface area contributed by atoms with E-state index in [2.05, 4.69) is 238 Å². The Bertz CT molecular complexity index is 3330. The highest BCUT2D eigenvalue weighted by Gasteiger charge is 2.57. The summed E-state index contributed by atoms with van der Waals surface area (Å²) in [7, 11) is 0. The van der Waals surface area contributed by atoms with Gasteiger partial charge in [0.25, 0.3) is 6.71 Å². The van der Waals surface area contributed by atoms with Gasteiger partial charge < -0.3 is 14.7 Å². The van der Waals surface area contributed by atoms with Crippen LogP contribution in [-0.4, -0.2) is 12.3 Å². The Hall–Kier alpha value is -6.00. The predicted octanol–water partition coefficient (Wildman–Crippen LogP) is 17.1. The minimum Gasteiger partial charge on any atom is -0.334 e.